The lowest BCUT2D eigenvalue weighted by Gasteiger charge is -2.33. The smallest absolute Gasteiger partial charge is 0.0749 e. The Labute approximate surface area is 112 Å². The Morgan fingerprint density at radius 3 is 2.89 bits per heavy atom. The molecule has 1 saturated carbocycles. The molecule has 1 aliphatic rings. The molecule has 1 N–H and O–H groups in total. The van der Waals surface area contributed by atoms with E-state index in [4.69, 9.17) is 11.6 Å². The molecule has 0 unspecified atom stereocenters. The van der Waals surface area contributed by atoms with Crippen LogP contribution in [0.25, 0.3) is 10.9 Å². The number of rotatable bonds is 1. The molecule has 1 aromatic carbocycles. The highest BCUT2D eigenvalue weighted by atomic mass is 35.5. The Hall–Kier alpha value is -0.990. The average Bonchev–Trinajstić information content (AvgIpc) is 2.74. The number of aliphatic hydroxyl groups excluding tert-OH is 1. The molecule has 1 aliphatic carbocycles. The predicted molar refractivity (Wildman–Crippen MR) is 75.0 cm³/mol. The van der Waals surface area contributed by atoms with Gasteiger partial charge in [0.1, 0.15) is 0 Å². The van der Waals surface area contributed by atoms with Gasteiger partial charge in [-0.15, -0.1) is 0 Å². The van der Waals surface area contributed by atoms with E-state index in [-0.39, 0.29) is 12.1 Å². The second-order valence-corrected chi connectivity index (χ2v) is 5.86. The van der Waals surface area contributed by atoms with Crippen LogP contribution >= 0.6 is 11.6 Å². The van der Waals surface area contributed by atoms with Crippen molar-refractivity contribution in [2.24, 2.45) is 5.92 Å². The minimum absolute atomic E-state index is 0.165. The second kappa shape index (κ2) is 4.60. The van der Waals surface area contributed by atoms with Crippen molar-refractivity contribution in [1.82, 2.24) is 4.57 Å². The number of fused-ring (bicyclic) bond motifs is 1. The summed E-state index contributed by atoms with van der Waals surface area (Å²) in [5.74, 6) is 0.619. The minimum atomic E-state index is -0.263. The maximum atomic E-state index is 10.3. The first-order valence-corrected chi connectivity index (χ1v) is 6.97. The molecule has 0 amide bonds. The molecule has 3 atom stereocenters. The van der Waals surface area contributed by atoms with Crippen molar-refractivity contribution >= 4 is 22.5 Å². The quantitative estimate of drug-likeness (QED) is 0.826. The molecule has 1 heterocycles. The number of halogens is 1. The van der Waals surface area contributed by atoms with Gasteiger partial charge in [-0.25, -0.2) is 0 Å². The average molecular weight is 264 g/mol. The summed E-state index contributed by atoms with van der Waals surface area (Å²) in [6.45, 7) is 2.21. The Bertz CT molecular complexity index is 563. The van der Waals surface area contributed by atoms with E-state index in [2.05, 4.69) is 29.8 Å². The van der Waals surface area contributed by atoms with Gasteiger partial charge in [0.05, 0.1) is 22.7 Å². The Morgan fingerprint density at radius 1 is 1.28 bits per heavy atom. The molecule has 2 nitrogen and oxygen atoms in total. The van der Waals surface area contributed by atoms with Crippen molar-refractivity contribution in [3.8, 4) is 0 Å². The van der Waals surface area contributed by atoms with Crippen molar-refractivity contribution in [1.29, 1.82) is 0 Å². The zero-order chi connectivity index (χ0) is 12.7. The molecular weight excluding hydrogens is 246 g/mol. The summed E-state index contributed by atoms with van der Waals surface area (Å²) in [6, 6.07) is 8.19. The second-order valence-electron chi connectivity index (χ2n) is 5.45. The van der Waals surface area contributed by atoms with Crippen LogP contribution in [0.1, 0.15) is 32.2 Å². The van der Waals surface area contributed by atoms with Gasteiger partial charge < -0.3 is 9.67 Å². The number of aromatic nitrogens is 1. The van der Waals surface area contributed by atoms with Gasteiger partial charge in [0.25, 0.3) is 0 Å². The molecule has 1 aromatic heterocycles. The van der Waals surface area contributed by atoms with Gasteiger partial charge in [-0.2, -0.15) is 0 Å². The number of para-hydroxylation sites is 1. The third-order valence-corrected chi connectivity index (χ3v) is 4.40. The van der Waals surface area contributed by atoms with Gasteiger partial charge in [0.2, 0.25) is 0 Å². The van der Waals surface area contributed by atoms with Crippen LogP contribution in [-0.4, -0.2) is 15.8 Å². The lowest BCUT2D eigenvalue weighted by atomic mass is 9.85. The third kappa shape index (κ3) is 1.94. The third-order valence-electron chi connectivity index (χ3n) is 4.09. The van der Waals surface area contributed by atoms with E-state index in [1.54, 1.807) is 0 Å². The molecule has 0 bridgehead atoms. The minimum Gasteiger partial charge on any atom is -0.391 e. The topological polar surface area (TPSA) is 25.2 Å². The Kier molecular flexibility index (Phi) is 3.08. The maximum Gasteiger partial charge on any atom is 0.0749 e. The van der Waals surface area contributed by atoms with Gasteiger partial charge in [0.15, 0.2) is 0 Å². The van der Waals surface area contributed by atoms with Gasteiger partial charge in [-0.1, -0.05) is 30.7 Å². The van der Waals surface area contributed by atoms with Crippen LogP contribution in [-0.2, 0) is 0 Å². The molecule has 1 fully saturated rings. The summed E-state index contributed by atoms with van der Waals surface area (Å²) >= 11 is 6.30. The fourth-order valence-electron chi connectivity index (χ4n) is 3.11. The number of hydrogen-bond acceptors (Lipinski definition) is 1. The molecular formula is C15H18ClNO. The fourth-order valence-corrected chi connectivity index (χ4v) is 3.39. The van der Waals surface area contributed by atoms with E-state index in [9.17, 15) is 5.11 Å². The Morgan fingerprint density at radius 2 is 2.11 bits per heavy atom. The van der Waals surface area contributed by atoms with Crippen LogP contribution in [0.3, 0.4) is 0 Å². The molecule has 3 rings (SSSR count). The Balaban J connectivity index is 2.04. The fraction of sp³-hybridized carbons (Fsp3) is 0.467. The first-order chi connectivity index (χ1) is 8.66. The summed E-state index contributed by atoms with van der Waals surface area (Å²) < 4.78 is 2.16. The van der Waals surface area contributed by atoms with Crippen LogP contribution in [0.4, 0.5) is 0 Å². The highest BCUT2D eigenvalue weighted by Crippen LogP contribution is 2.36. The van der Waals surface area contributed by atoms with Gasteiger partial charge >= 0.3 is 0 Å². The van der Waals surface area contributed by atoms with Crippen molar-refractivity contribution < 1.29 is 5.11 Å². The normalized spacial score (nSPS) is 28.7. The van der Waals surface area contributed by atoms with Crippen molar-refractivity contribution in [3.63, 3.8) is 0 Å². The van der Waals surface area contributed by atoms with Crippen LogP contribution in [0, 0.1) is 5.92 Å². The van der Waals surface area contributed by atoms with Crippen molar-refractivity contribution in [3.05, 3.63) is 35.5 Å². The monoisotopic (exact) mass is 263 g/mol. The number of nitrogens with zero attached hydrogens (tertiary/aromatic N) is 1. The van der Waals surface area contributed by atoms with Crippen molar-refractivity contribution in [2.75, 3.05) is 0 Å². The molecule has 0 radical (unpaired) electrons. The predicted octanol–water partition coefficient (Wildman–Crippen LogP) is 4.02. The van der Waals surface area contributed by atoms with Gasteiger partial charge in [-0.05, 0) is 37.3 Å². The maximum absolute atomic E-state index is 10.3. The highest BCUT2D eigenvalue weighted by Gasteiger charge is 2.29. The first-order valence-electron chi connectivity index (χ1n) is 6.60. The number of benzene rings is 1. The standard InChI is InChI=1S/C15H18ClNO/c1-10-5-6-13(14(18)9-10)17-8-7-11-3-2-4-12(16)15(11)17/h2-4,7-8,10,13-14,18H,5-6,9H2,1H3/t10-,13-,14-/m1/s1. The van der Waals surface area contributed by atoms with E-state index in [1.165, 1.54) is 6.42 Å². The number of hydrogen-bond donors (Lipinski definition) is 1. The summed E-state index contributed by atoms with van der Waals surface area (Å²) in [7, 11) is 0. The van der Waals surface area contributed by atoms with Crippen LogP contribution in [0.5, 0.6) is 0 Å². The van der Waals surface area contributed by atoms with Gasteiger partial charge in [0, 0.05) is 11.6 Å². The summed E-state index contributed by atoms with van der Waals surface area (Å²) in [5, 5.41) is 12.2. The number of aliphatic hydroxyl groups is 1. The molecule has 0 spiro atoms. The lowest BCUT2D eigenvalue weighted by molar-refractivity contribution is 0.0566. The SMILES string of the molecule is C[C@@H]1CC[C@@H](n2ccc3cccc(Cl)c32)[C@H](O)C1. The molecule has 96 valence electrons. The largest absolute Gasteiger partial charge is 0.391 e. The van der Waals surface area contributed by atoms with E-state index in [0.29, 0.717) is 5.92 Å². The first kappa shape index (κ1) is 12.1. The zero-order valence-corrected chi connectivity index (χ0v) is 11.3. The van der Waals surface area contributed by atoms with E-state index >= 15 is 0 Å². The highest BCUT2D eigenvalue weighted by molar-refractivity contribution is 6.35. The zero-order valence-electron chi connectivity index (χ0n) is 10.5. The van der Waals surface area contributed by atoms with E-state index in [0.717, 1.165) is 28.8 Å². The van der Waals surface area contributed by atoms with Crippen molar-refractivity contribution in [2.45, 2.75) is 38.3 Å². The molecule has 0 aliphatic heterocycles. The van der Waals surface area contributed by atoms with Crippen LogP contribution in [0.2, 0.25) is 5.02 Å². The van der Waals surface area contributed by atoms with Crippen LogP contribution in [0.15, 0.2) is 30.5 Å². The summed E-state index contributed by atoms with van der Waals surface area (Å²) in [4.78, 5) is 0. The van der Waals surface area contributed by atoms with Gasteiger partial charge in [-0.3, -0.25) is 0 Å². The summed E-state index contributed by atoms with van der Waals surface area (Å²) in [5.41, 5.74) is 1.05. The van der Waals surface area contributed by atoms with Crippen LogP contribution < -0.4 is 0 Å². The lowest BCUT2D eigenvalue weighted by Crippen LogP contribution is -2.30. The van der Waals surface area contributed by atoms with E-state index in [1.807, 2.05) is 12.1 Å². The molecule has 2 aromatic rings. The molecule has 18 heavy (non-hydrogen) atoms. The van der Waals surface area contributed by atoms with E-state index < -0.39 is 0 Å². The molecule has 0 saturated heterocycles. The molecule has 3 heteroatoms. The summed E-state index contributed by atoms with van der Waals surface area (Å²) in [6.07, 6.45) is 4.87.